The van der Waals surface area contributed by atoms with Crippen molar-refractivity contribution in [3.8, 4) is 17.2 Å². The maximum atomic E-state index is 14.4. The number of hydrogen-bond donors (Lipinski definition) is 1. The average Bonchev–Trinajstić information content (AvgIpc) is 2.96. The molecule has 5 rings (SSSR count). The van der Waals surface area contributed by atoms with Crippen molar-refractivity contribution in [3.05, 3.63) is 82.5 Å². The number of methoxy groups -OCH3 is 1. The summed E-state index contributed by atoms with van der Waals surface area (Å²) in [5.74, 6) is 1.07. The molecule has 2 aliphatic rings. The molecule has 0 bridgehead atoms. The second-order valence-corrected chi connectivity index (χ2v) is 10.4. The summed E-state index contributed by atoms with van der Waals surface area (Å²) in [6, 6.07) is 19.2. The SMILES string of the molecule is COC1=c2cccc(-c3ccc(C#N)cc3)c2=NCC1C1(OF)CCN(c2ccc(C(C)(C)O)cn2)CC1. The monoisotopic (exact) mass is 514 g/mol. The number of rotatable bonds is 6. The molecule has 196 valence electrons. The van der Waals surface area contributed by atoms with Crippen molar-refractivity contribution in [2.75, 3.05) is 31.6 Å². The quantitative estimate of drug-likeness (QED) is 0.538. The van der Waals surface area contributed by atoms with E-state index < -0.39 is 11.2 Å². The molecule has 1 saturated heterocycles. The van der Waals surface area contributed by atoms with Crippen LogP contribution in [0.5, 0.6) is 0 Å². The minimum atomic E-state index is -1.07. The third-order valence-corrected chi connectivity index (χ3v) is 7.77. The Morgan fingerprint density at radius 2 is 1.84 bits per heavy atom. The smallest absolute Gasteiger partial charge is 0.128 e. The molecule has 38 heavy (non-hydrogen) atoms. The molecule has 0 aliphatic carbocycles. The van der Waals surface area contributed by atoms with Crippen LogP contribution in [0.4, 0.5) is 10.3 Å². The van der Waals surface area contributed by atoms with E-state index in [-0.39, 0.29) is 5.92 Å². The van der Waals surface area contributed by atoms with E-state index in [1.165, 1.54) is 0 Å². The molecule has 0 amide bonds. The van der Waals surface area contributed by atoms with E-state index in [1.54, 1.807) is 39.3 Å². The van der Waals surface area contributed by atoms with Crippen LogP contribution in [-0.4, -0.2) is 42.4 Å². The highest BCUT2D eigenvalue weighted by Crippen LogP contribution is 2.40. The van der Waals surface area contributed by atoms with Gasteiger partial charge in [0.25, 0.3) is 0 Å². The molecule has 1 N–H and O–H groups in total. The molecule has 0 saturated carbocycles. The Morgan fingerprint density at radius 3 is 2.42 bits per heavy atom. The van der Waals surface area contributed by atoms with Gasteiger partial charge in [-0.3, -0.25) is 4.99 Å². The number of halogens is 1. The van der Waals surface area contributed by atoms with Crippen LogP contribution in [0.25, 0.3) is 16.9 Å². The van der Waals surface area contributed by atoms with Crippen molar-refractivity contribution in [1.82, 2.24) is 4.98 Å². The second kappa shape index (κ2) is 10.2. The number of nitrogens with zero attached hydrogens (tertiary/aromatic N) is 4. The second-order valence-electron chi connectivity index (χ2n) is 10.4. The summed E-state index contributed by atoms with van der Waals surface area (Å²) in [5.41, 5.74) is 1.19. The number of hydrogen-bond acceptors (Lipinski definition) is 7. The predicted octanol–water partition coefficient (Wildman–Crippen LogP) is 3.79. The van der Waals surface area contributed by atoms with Gasteiger partial charge < -0.3 is 14.7 Å². The van der Waals surface area contributed by atoms with Gasteiger partial charge in [0.05, 0.1) is 42.2 Å². The molecule has 0 radical (unpaired) electrons. The lowest BCUT2D eigenvalue weighted by Crippen LogP contribution is -2.54. The lowest BCUT2D eigenvalue weighted by atomic mass is 9.77. The Balaban J connectivity index is 1.44. The molecule has 7 nitrogen and oxygen atoms in total. The number of aromatic nitrogens is 1. The van der Waals surface area contributed by atoms with Crippen LogP contribution in [0.2, 0.25) is 0 Å². The average molecular weight is 515 g/mol. The van der Waals surface area contributed by atoms with Gasteiger partial charge in [0.1, 0.15) is 17.2 Å². The molecule has 3 aromatic rings. The van der Waals surface area contributed by atoms with E-state index >= 15 is 0 Å². The van der Waals surface area contributed by atoms with Gasteiger partial charge in [-0.1, -0.05) is 30.3 Å². The number of fused-ring (bicyclic) bond motifs is 1. The zero-order chi connectivity index (χ0) is 26.9. The first-order valence-electron chi connectivity index (χ1n) is 12.8. The third kappa shape index (κ3) is 4.64. The van der Waals surface area contributed by atoms with Crippen molar-refractivity contribution in [3.63, 3.8) is 0 Å². The largest absolute Gasteiger partial charge is 0.500 e. The van der Waals surface area contributed by atoms with E-state index in [4.69, 9.17) is 19.9 Å². The maximum Gasteiger partial charge on any atom is 0.128 e. The standard InChI is InChI=1S/C30H31FN4O3/c1-29(2,36)22-11-12-26(33-18-22)35-15-13-30(38-31,14-16-35)25-19-34-27-23(5-4-6-24(27)28(25)37-3)21-9-7-20(17-32)8-10-21/h4-12,18,25,36H,13-16,19H2,1-3H3. The number of piperidine rings is 1. The third-order valence-electron chi connectivity index (χ3n) is 7.77. The van der Waals surface area contributed by atoms with Gasteiger partial charge in [-0.25, -0.2) is 4.98 Å². The zero-order valence-corrected chi connectivity index (χ0v) is 21.8. The van der Waals surface area contributed by atoms with Gasteiger partial charge in [-0.2, -0.15) is 10.2 Å². The maximum absolute atomic E-state index is 14.4. The Hall–Kier alpha value is -3.80. The summed E-state index contributed by atoms with van der Waals surface area (Å²) < 4.78 is 20.3. The highest BCUT2D eigenvalue weighted by atomic mass is 19.3. The Kier molecular flexibility index (Phi) is 6.91. The summed E-state index contributed by atoms with van der Waals surface area (Å²) in [7, 11) is 1.61. The molecule has 2 aromatic carbocycles. The highest BCUT2D eigenvalue weighted by Gasteiger charge is 2.47. The van der Waals surface area contributed by atoms with Crippen molar-refractivity contribution < 1.29 is 19.3 Å². The predicted molar refractivity (Wildman–Crippen MR) is 142 cm³/mol. The Bertz CT molecular complexity index is 1470. The molecule has 3 heterocycles. The number of nitriles is 1. The van der Waals surface area contributed by atoms with Crippen LogP contribution in [0, 0.1) is 17.2 Å². The van der Waals surface area contributed by atoms with Crippen LogP contribution in [0.3, 0.4) is 0 Å². The molecule has 1 unspecified atom stereocenters. The topological polar surface area (TPSA) is 91.0 Å². The number of aliphatic hydroxyl groups is 1. The summed E-state index contributed by atoms with van der Waals surface area (Å²) in [6.45, 7) is 4.91. The highest BCUT2D eigenvalue weighted by molar-refractivity contribution is 5.65. The lowest BCUT2D eigenvalue weighted by Gasteiger charge is -2.44. The van der Waals surface area contributed by atoms with Gasteiger partial charge in [-0.15, -0.1) is 0 Å². The summed E-state index contributed by atoms with van der Waals surface area (Å²) >= 11 is 0. The summed E-state index contributed by atoms with van der Waals surface area (Å²) in [4.78, 5) is 16.3. The lowest BCUT2D eigenvalue weighted by molar-refractivity contribution is -0.258. The molecule has 1 fully saturated rings. The van der Waals surface area contributed by atoms with E-state index in [2.05, 4.69) is 16.0 Å². The number of pyridine rings is 1. The van der Waals surface area contributed by atoms with Crippen molar-refractivity contribution in [2.45, 2.75) is 37.9 Å². The van der Waals surface area contributed by atoms with Crippen LogP contribution >= 0.6 is 0 Å². The zero-order valence-electron chi connectivity index (χ0n) is 21.8. The number of benzene rings is 2. The first-order valence-corrected chi connectivity index (χ1v) is 12.8. The Labute approximate surface area is 221 Å². The van der Waals surface area contributed by atoms with Crippen molar-refractivity contribution in [1.29, 1.82) is 5.26 Å². The molecule has 8 heteroatoms. The van der Waals surface area contributed by atoms with Gasteiger partial charge in [0.2, 0.25) is 0 Å². The van der Waals surface area contributed by atoms with Crippen LogP contribution in [0.1, 0.15) is 37.8 Å². The van der Waals surface area contributed by atoms with Gasteiger partial charge in [0, 0.05) is 35.6 Å². The molecular formula is C30H31FN4O3. The number of anilines is 1. The van der Waals surface area contributed by atoms with Crippen molar-refractivity contribution in [2.24, 2.45) is 10.9 Å². The van der Waals surface area contributed by atoms with E-state index in [9.17, 15) is 9.63 Å². The fourth-order valence-electron chi connectivity index (χ4n) is 5.51. The van der Waals surface area contributed by atoms with E-state index in [0.717, 1.165) is 33.1 Å². The molecular weight excluding hydrogens is 483 g/mol. The first kappa shape index (κ1) is 25.8. The number of ether oxygens (including phenoxy) is 1. The summed E-state index contributed by atoms with van der Waals surface area (Å²) in [5, 5.41) is 21.0. The van der Waals surface area contributed by atoms with Crippen molar-refractivity contribution >= 4 is 11.6 Å². The van der Waals surface area contributed by atoms with Gasteiger partial charge in [0.15, 0.2) is 0 Å². The minimum absolute atomic E-state index is 0.339. The molecule has 2 aliphatic heterocycles. The van der Waals surface area contributed by atoms with Crippen LogP contribution in [-0.2, 0) is 15.3 Å². The fraction of sp³-hybridized carbons (Fsp3) is 0.367. The van der Waals surface area contributed by atoms with Gasteiger partial charge >= 0.3 is 0 Å². The normalized spacial score (nSPS) is 18.8. The Morgan fingerprint density at radius 1 is 1.11 bits per heavy atom. The molecule has 1 aromatic heterocycles. The molecule has 0 spiro atoms. The number of para-hydroxylation sites is 1. The van der Waals surface area contributed by atoms with Gasteiger partial charge in [-0.05, 0) is 61.0 Å². The first-order chi connectivity index (χ1) is 18.3. The molecule has 1 atom stereocenters. The summed E-state index contributed by atoms with van der Waals surface area (Å²) in [6.07, 6.45) is 2.56. The van der Waals surface area contributed by atoms with E-state index in [1.807, 2.05) is 42.5 Å². The van der Waals surface area contributed by atoms with Crippen LogP contribution < -0.4 is 15.5 Å². The van der Waals surface area contributed by atoms with E-state index in [0.29, 0.717) is 43.8 Å². The minimum Gasteiger partial charge on any atom is -0.500 e. The fourth-order valence-corrected chi connectivity index (χ4v) is 5.51. The van der Waals surface area contributed by atoms with Crippen LogP contribution in [0.15, 0.2) is 65.8 Å².